The van der Waals surface area contributed by atoms with Crippen LogP contribution in [0.3, 0.4) is 0 Å². The van der Waals surface area contributed by atoms with Gasteiger partial charge < -0.3 is 19.5 Å². The van der Waals surface area contributed by atoms with Crippen molar-refractivity contribution >= 4 is 17.5 Å². The van der Waals surface area contributed by atoms with E-state index in [9.17, 15) is 4.79 Å². The van der Waals surface area contributed by atoms with Crippen LogP contribution in [0.5, 0.6) is 11.5 Å². The molecule has 0 fully saturated rings. The zero-order valence-electron chi connectivity index (χ0n) is 15.8. The summed E-state index contributed by atoms with van der Waals surface area (Å²) in [4.78, 5) is 14.1. The second-order valence-corrected chi connectivity index (χ2v) is 7.59. The van der Waals surface area contributed by atoms with Crippen molar-refractivity contribution in [2.75, 3.05) is 27.3 Å². The molecule has 0 aliphatic carbocycles. The van der Waals surface area contributed by atoms with Crippen LogP contribution in [0, 0.1) is 0 Å². The molecule has 144 valence electrons. The topological polar surface area (TPSA) is 59.0 Å². The van der Waals surface area contributed by atoms with E-state index in [1.807, 2.05) is 30.3 Å². The van der Waals surface area contributed by atoms with Crippen molar-refractivity contribution in [1.29, 1.82) is 0 Å². The van der Waals surface area contributed by atoms with Crippen LogP contribution in [0.25, 0.3) is 0 Å². The van der Waals surface area contributed by atoms with Gasteiger partial charge in [-0.15, -0.1) is 0 Å². The number of halogens is 1. The molecule has 0 bridgehead atoms. The zero-order chi connectivity index (χ0) is 19.6. The number of carbonyl (C=O) groups excluding carboxylic acids is 1. The van der Waals surface area contributed by atoms with Gasteiger partial charge in [0, 0.05) is 42.6 Å². The van der Waals surface area contributed by atoms with Crippen LogP contribution in [0.15, 0.2) is 36.4 Å². The van der Waals surface area contributed by atoms with Crippen LogP contribution in [-0.4, -0.2) is 48.8 Å². The van der Waals surface area contributed by atoms with Crippen molar-refractivity contribution in [2.24, 2.45) is 0 Å². The molecule has 27 heavy (non-hydrogen) atoms. The predicted octanol–water partition coefficient (Wildman–Crippen LogP) is 3.35. The lowest BCUT2D eigenvalue weighted by molar-refractivity contribution is 0.0766. The van der Waals surface area contributed by atoms with E-state index in [1.165, 1.54) is 4.90 Å². The number of fused-ring (bicyclic) bond motifs is 1. The highest BCUT2D eigenvalue weighted by Crippen LogP contribution is 2.44. The van der Waals surface area contributed by atoms with Gasteiger partial charge in [0.15, 0.2) is 11.5 Å². The Morgan fingerprint density at radius 3 is 2.67 bits per heavy atom. The zero-order valence-corrected chi connectivity index (χ0v) is 16.5. The molecule has 0 radical (unpaired) electrons. The van der Waals surface area contributed by atoms with Crippen LogP contribution in [0.1, 0.15) is 28.4 Å². The molecule has 0 saturated heterocycles. The number of methoxy groups -OCH3 is 1. The standard InChI is InChI=1S/C21H24ClNO4/c1-21(12-14-4-6-17(22)7-5-14)13-16-10-15(20(25)23(2)8-9-24)11-18(26-3)19(16)27-21/h4-7,10-11,24H,8-9,12-13H2,1-3H3/t21-/m0/s1. The van der Waals surface area contributed by atoms with Gasteiger partial charge in [-0.05, 0) is 36.8 Å². The van der Waals surface area contributed by atoms with Crippen LogP contribution in [0.2, 0.25) is 5.02 Å². The largest absolute Gasteiger partial charge is 0.493 e. The first-order valence-corrected chi connectivity index (χ1v) is 9.24. The summed E-state index contributed by atoms with van der Waals surface area (Å²) < 4.78 is 11.8. The molecule has 1 atom stereocenters. The van der Waals surface area contributed by atoms with Crippen molar-refractivity contribution in [2.45, 2.75) is 25.4 Å². The van der Waals surface area contributed by atoms with Crippen molar-refractivity contribution in [3.05, 3.63) is 58.1 Å². The normalized spacial score (nSPS) is 18.0. The SMILES string of the molecule is COc1cc(C(=O)N(C)CCO)cc2c1O[C@@](C)(Cc1ccc(Cl)cc1)C2. The van der Waals surface area contributed by atoms with Crippen molar-refractivity contribution in [3.8, 4) is 11.5 Å². The molecule has 0 spiro atoms. The second-order valence-electron chi connectivity index (χ2n) is 7.15. The Balaban J connectivity index is 1.86. The molecule has 3 rings (SSSR count). The predicted molar refractivity (Wildman–Crippen MR) is 105 cm³/mol. The van der Waals surface area contributed by atoms with Crippen LogP contribution >= 0.6 is 11.6 Å². The van der Waals surface area contributed by atoms with Gasteiger partial charge >= 0.3 is 0 Å². The molecule has 2 aromatic rings. The molecule has 0 saturated carbocycles. The van der Waals surface area contributed by atoms with Gasteiger partial charge in [-0.3, -0.25) is 4.79 Å². The maximum absolute atomic E-state index is 12.6. The van der Waals surface area contributed by atoms with Gasteiger partial charge in [0.1, 0.15) is 5.60 Å². The number of nitrogens with zero attached hydrogens (tertiary/aromatic N) is 1. The minimum Gasteiger partial charge on any atom is -0.493 e. The van der Waals surface area contributed by atoms with E-state index >= 15 is 0 Å². The Morgan fingerprint density at radius 1 is 1.33 bits per heavy atom. The average molecular weight is 390 g/mol. The minimum atomic E-state index is -0.428. The van der Waals surface area contributed by atoms with Gasteiger partial charge in [-0.25, -0.2) is 0 Å². The fourth-order valence-electron chi connectivity index (χ4n) is 3.47. The van der Waals surface area contributed by atoms with Gasteiger partial charge in [-0.1, -0.05) is 23.7 Å². The highest BCUT2D eigenvalue weighted by molar-refractivity contribution is 6.30. The monoisotopic (exact) mass is 389 g/mol. The summed E-state index contributed by atoms with van der Waals surface area (Å²) in [5.41, 5.74) is 2.18. The molecular weight excluding hydrogens is 366 g/mol. The third-order valence-corrected chi connectivity index (χ3v) is 5.04. The molecule has 6 heteroatoms. The maximum Gasteiger partial charge on any atom is 0.253 e. The molecule has 0 aromatic heterocycles. The van der Waals surface area contributed by atoms with Crippen molar-refractivity contribution < 1.29 is 19.4 Å². The molecule has 1 amide bonds. The summed E-state index contributed by atoms with van der Waals surface area (Å²) in [7, 11) is 3.24. The van der Waals surface area contributed by atoms with Crippen molar-refractivity contribution in [1.82, 2.24) is 4.90 Å². The van der Waals surface area contributed by atoms with Gasteiger partial charge in [0.2, 0.25) is 0 Å². The molecule has 1 N–H and O–H groups in total. The number of aliphatic hydroxyl groups is 1. The molecule has 0 unspecified atom stereocenters. The molecule has 5 nitrogen and oxygen atoms in total. The number of hydrogen-bond donors (Lipinski definition) is 1. The Morgan fingerprint density at radius 2 is 2.04 bits per heavy atom. The Labute approximate surface area is 164 Å². The quantitative estimate of drug-likeness (QED) is 0.823. The molecule has 2 aromatic carbocycles. The fourth-order valence-corrected chi connectivity index (χ4v) is 3.60. The van der Waals surface area contributed by atoms with Crippen LogP contribution in [-0.2, 0) is 12.8 Å². The molecular formula is C21H24ClNO4. The lowest BCUT2D eigenvalue weighted by Crippen LogP contribution is -2.32. The Bertz CT molecular complexity index is 837. The number of benzene rings is 2. The van der Waals surface area contributed by atoms with Gasteiger partial charge in [0.25, 0.3) is 5.91 Å². The summed E-state index contributed by atoms with van der Waals surface area (Å²) in [6.45, 7) is 2.26. The molecule has 1 aliphatic heterocycles. The first-order chi connectivity index (χ1) is 12.8. The number of likely N-dealkylation sites (N-methyl/N-ethyl adjacent to an activating group) is 1. The van der Waals surface area contributed by atoms with E-state index < -0.39 is 5.60 Å². The summed E-state index contributed by atoms with van der Waals surface area (Å²) in [6.07, 6.45) is 1.39. The lowest BCUT2D eigenvalue weighted by Gasteiger charge is -2.24. The van der Waals surface area contributed by atoms with Gasteiger partial charge in [-0.2, -0.15) is 0 Å². The lowest BCUT2D eigenvalue weighted by atomic mass is 9.91. The highest BCUT2D eigenvalue weighted by atomic mass is 35.5. The number of aliphatic hydroxyl groups excluding tert-OH is 1. The van der Waals surface area contributed by atoms with Crippen LogP contribution < -0.4 is 9.47 Å². The van der Waals surface area contributed by atoms with Gasteiger partial charge in [0.05, 0.1) is 13.7 Å². The van der Waals surface area contributed by atoms with Crippen LogP contribution in [0.4, 0.5) is 0 Å². The van der Waals surface area contributed by atoms with E-state index in [4.69, 9.17) is 26.2 Å². The number of rotatable bonds is 6. The first kappa shape index (κ1) is 19.5. The van der Waals surface area contributed by atoms with E-state index in [0.717, 1.165) is 17.5 Å². The summed E-state index contributed by atoms with van der Waals surface area (Å²) >= 11 is 5.97. The van der Waals surface area contributed by atoms with E-state index in [0.29, 0.717) is 28.5 Å². The maximum atomic E-state index is 12.6. The highest BCUT2D eigenvalue weighted by Gasteiger charge is 2.37. The van der Waals surface area contributed by atoms with E-state index in [-0.39, 0.29) is 19.1 Å². The number of carbonyl (C=O) groups is 1. The Kier molecular flexibility index (Phi) is 5.63. The first-order valence-electron chi connectivity index (χ1n) is 8.86. The third kappa shape index (κ3) is 4.20. The van der Waals surface area contributed by atoms with E-state index in [1.54, 1.807) is 20.2 Å². The smallest absolute Gasteiger partial charge is 0.253 e. The average Bonchev–Trinajstić information content (AvgIpc) is 2.98. The summed E-state index contributed by atoms with van der Waals surface area (Å²) in [6, 6.07) is 11.3. The summed E-state index contributed by atoms with van der Waals surface area (Å²) in [5.74, 6) is 1.08. The molecule has 1 aliphatic rings. The second kappa shape index (κ2) is 7.79. The minimum absolute atomic E-state index is 0.0768. The van der Waals surface area contributed by atoms with E-state index in [2.05, 4.69) is 6.92 Å². The third-order valence-electron chi connectivity index (χ3n) is 4.78. The summed E-state index contributed by atoms with van der Waals surface area (Å²) in [5, 5.41) is 9.77. The number of amides is 1. The fraction of sp³-hybridized carbons (Fsp3) is 0.381. The van der Waals surface area contributed by atoms with Crippen molar-refractivity contribution in [3.63, 3.8) is 0 Å². The Hall–Kier alpha value is -2.24. The number of hydrogen-bond acceptors (Lipinski definition) is 4. The molecule has 1 heterocycles. The number of ether oxygens (including phenoxy) is 2.